The summed E-state index contributed by atoms with van der Waals surface area (Å²) in [5.41, 5.74) is 6.91. The van der Waals surface area contributed by atoms with Gasteiger partial charge in [0, 0.05) is 30.0 Å². The van der Waals surface area contributed by atoms with Gasteiger partial charge in [-0.3, -0.25) is 4.79 Å². The number of nitrogens with zero attached hydrogens (tertiary/aromatic N) is 1. The van der Waals surface area contributed by atoms with Crippen LogP contribution < -0.4 is 15.8 Å². The zero-order chi connectivity index (χ0) is 20.7. The second kappa shape index (κ2) is 10.5. The molecule has 0 fully saturated rings. The number of pyridine rings is 1. The molecular weight excluding hydrogens is 432 g/mol. The Morgan fingerprint density at radius 3 is 2.79 bits per heavy atom. The molecule has 0 saturated heterocycles. The highest BCUT2D eigenvalue weighted by Crippen LogP contribution is 2.42. The Bertz CT molecular complexity index is 905. The summed E-state index contributed by atoms with van der Waals surface area (Å²) in [5.74, 6) is 0.0639. The van der Waals surface area contributed by atoms with E-state index in [1.54, 1.807) is 17.4 Å². The van der Waals surface area contributed by atoms with E-state index in [0.29, 0.717) is 23.4 Å². The van der Waals surface area contributed by atoms with Crippen LogP contribution in [0.2, 0.25) is 5.15 Å². The summed E-state index contributed by atoms with van der Waals surface area (Å²) in [5, 5.41) is 12.4. The van der Waals surface area contributed by atoms with E-state index in [9.17, 15) is 8.78 Å². The normalized spacial score (nSPS) is 11.8. The lowest BCUT2D eigenvalue weighted by molar-refractivity contribution is -0.122. The summed E-state index contributed by atoms with van der Waals surface area (Å²) in [6, 6.07) is 5.48. The molecule has 3 aromatic rings. The second-order valence-corrected chi connectivity index (χ2v) is 8.15. The van der Waals surface area contributed by atoms with Crippen molar-refractivity contribution in [3.63, 3.8) is 0 Å². The van der Waals surface area contributed by atoms with E-state index in [-0.39, 0.29) is 23.4 Å². The van der Waals surface area contributed by atoms with Gasteiger partial charge in [-0.1, -0.05) is 17.7 Å². The molecule has 0 amide bonds. The molecule has 0 unspecified atom stereocenters. The fourth-order valence-electron chi connectivity index (χ4n) is 2.43. The Labute approximate surface area is 172 Å². The summed E-state index contributed by atoms with van der Waals surface area (Å²) >= 11 is 9.07. The lowest BCUT2D eigenvalue weighted by Gasteiger charge is -2.09. The molecule has 6 nitrogen and oxygen atoms in total. The van der Waals surface area contributed by atoms with E-state index in [4.69, 9.17) is 32.0 Å². The number of alkyl halides is 2. The largest absolute Gasteiger partial charge is 0.483 e. The standard InChI is InChI=1S/C16H16ClF2N3OS2.CH2O2/c1-8(20)5-11-14(23-16(18)19)13-15(25-11)10(6-12(17)22-13)21-7-9-3-2-4-24-9;2-1-3/h2-4,6,8,16H,5,7,20H2,1H3,(H,21,22);1H,(H,2,3)/t8-;/m0./s1. The molecule has 0 radical (unpaired) electrons. The summed E-state index contributed by atoms with van der Waals surface area (Å²) in [4.78, 5) is 14.4. The first-order valence-electron chi connectivity index (χ1n) is 8.02. The molecule has 3 aromatic heterocycles. The smallest absolute Gasteiger partial charge is 0.387 e. The lowest BCUT2D eigenvalue weighted by atomic mass is 10.2. The Hall–Kier alpha value is -2.01. The number of halogens is 3. The van der Waals surface area contributed by atoms with Crippen LogP contribution in [0, 0.1) is 0 Å². The number of ether oxygens (including phenoxy) is 1. The number of hydrogen-bond acceptors (Lipinski definition) is 7. The van der Waals surface area contributed by atoms with Gasteiger partial charge in [0.25, 0.3) is 6.47 Å². The second-order valence-electron chi connectivity index (χ2n) is 5.62. The summed E-state index contributed by atoms with van der Waals surface area (Å²) in [6.07, 6.45) is 0.422. The molecular formula is C17H18ClF2N3O3S2. The van der Waals surface area contributed by atoms with Crippen LogP contribution in [0.25, 0.3) is 10.2 Å². The van der Waals surface area contributed by atoms with Crippen molar-refractivity contribution < 1.29 is 23.4 Å². The summed E-state index contributed by atoms with van der Waals surface area (Å²) in [6.45, 7) is -0.765. The molecule has 11 heteroatoms. The van der Waals surface area contributed by atoms with E-state index in [1.807, 2.05) is 24.4 Å². The van der Waals surface area contributed by atoms with Gasteiger partial charge in [0.15, 0.2) is 5.75 Å². The van der Waals surface area contributed by atoms with Gasteiger partial charge >= 0.3 is 6.61 Å². The van der Waals surface area contributed by atoms with E-state index < -0.39 is 6.61 Å². The number of fused-ring (bicyclic) bond motifs is 1. The first kappa shape index (κ1) is 22.3. The molecule has 0 aromatic carbocycles. The van der Waals surface area contributed by atoms with Gasteiger partial charge in [-0.25, -0.2) is 4.98 Å². The SMILES string of the molecule is C[C@H](N)Cc1sc2c(NCc3cccs3)cc(Cl)nc2c1OC(F)F.O=CO. The number of hydrogen-bond donors (Lipinski definition) is 3. The molecule has 0 aliphatic rings. The van der Waals surface area contributed by atoms with Gasteiger partial charge in [-0.15, -0.1) is 22.7 Å². The average molecular weight is 450 g/mol. The number of rotatable bonds is 7. The number of nitrogens with one attached hydrogen (secondary N) is 1. The molecule has 3 heterocycles. The van der Waals surface area contributed by atoms with Crippen molar-refractivity contribution in [3.05, 3.63) is 38.5 Å². The van der Waals surface area contributed by atoms with Gasteiger partial charge < -0.3 is 20.9 Å². The van der Waals surface area contributed by atoms with Crippen LogP contribution in [-0.4, -0.2) is 29.2 Å². The van der Waals surface area contributed by atoms with Crippen molar-refractivity contribution in [2.24, 2.45) is 5.73 Å². The number of anilines is 1. The molecule has 0 bridgehead atoms. The van der Waals surface area contributed by atoms with Gasteiger partial charge in [0.1, 0.15) is 10.7 Å². The third kappa shape index (κ3) is 5.99. The average Bonchev–Trinajstić information content (AvgIpc) is 3.22. The van der Waals surface area contributed by atoms with Gasteiger partial charge in [-0.2, -0.15) is 8.78 Å². The first-order chi connectivity index (χ1) is 13.3. The molecule has 28 heavy (non-hydrogen) atoms. The van der Waals surface area contributed by atoms with Crippen LogP contribution in [0.4, 0.5) is 14.5 Å². The highest BCUT2D eigenvalue weighted by Gasteiger charge is 2.22. The number of nitrogens with two attached hydrogens (primary N) is 1. The molecule has 4 N–H and O–H groups in total. The zero-order valence-corrected chi connectivity index (χ0v) is 17.1. The van der Waals surface area contributed by atoms with Crippen LogP contribution in [0.1, 0.15) is 16.7 Å². The van der Waals surface area contributed by atoms with E-state index in [0.717, 1.165) is 15.3 Å². The number of thiophene rings is 2. The van der Waals surface area contributed by atoms with Crippen molar-refractivity contribution in [2.75, 3.05) is 5.32 Å². The van der Waals surface area contributed by atoms with E-state index >= 15 is 0 Å². The third-order valence-electron chi connectivity index (χ3n) is 3.38. The number of carboxylic acid groups (broad SMARTS) is 1. The number of carbonyl (C=O) groups is 1. The summed E-state index contributed by atoms with van der Waals surface area (Å²) in [7, 11) is 0. The molecule has 0 aliphatic heterocycles. The van der Waals surface area contributed by atoms with Crippen molar-refractivity contribution in [3.8, 4) is 5.75 Å². The highest BCUT2D eigenvalue weighted by atomic mass is 35.5. The minimum atomic E-state index is -2.94. The Morgan fingerprint density at radius 1 is 1.50 bits per heavy atom. The maximum absolute atomic E-state index is 12.9. The monoisotopic (exact) mass is 449 g/mol. The molecule has 152 valence electrons. The predicted molar refractivity (Wildman–Crippen MR) is 109 cm³/mol. The molecule has 1 atom stereocenters. The van der Waals surface area contributed by atoms with Gasteiger partial charge in [-0.05, 0) is 18.4 Å². The zero-order valence-electron chi connectivity index (χ0n) is 14.7. The lowest BCUT2D eigenvalue weighted by Crippen LogP contribution is -2.17. The number of aromatic nitrogens is 1. The Balaban J connectivity index is 0.000000878. The topological polar surface area (TPSA) is 97.5 Å². The molecule has 0 saturated carbocycles. The highest BCUT2D eigenvalue weighted by molar-refractivity contribution is 7.20. The fraction of sp³-hybridized carbons (Fsp3) is 0.294. The van der Waals surface area contributed by atoms with Crippen molar-refractivity contribution in [1.29, 1.82) is 0 Å². The molecule has 0 spiro atoms. The fourth-order valence-corrected chi connectivity index (χ4v) is 4.57. The third-order valence-corrected chi connectivity index (χ3v) is 5.67. The van der Waals surface area contributed by atoms with E-state index in [2.05, 4.69) is 10.3 Å². The molecule has 0 aliphatic carbocycles. The van der Waals surface area contributed by atoms with Crippen LogP contribution in [0.5, 0.6) is 5.75 Å². The minimum Gasteiger partial charge on any atom is -0.483 e. The predicted octanol–water partition coefficient (Wildman–Crippen LogP) is 4.82. The van der Waals surface area contributed by atoms with Gasteiger partial charge in [0.2, 0.25) is 0 Å². The maximum Gasteiger partial charge on any atom is 0.387 e. The van der Waals surface area contributed by atoms with Crippen molar-refractivity contribution >= 4 is 56.7 Å². The Kier molecular flexibility index (Phi) is 8.36. The molecule has 3 rings (SSSR count). The summed E-state index contributed by atoms with van der Waals surface area (Å²) < 4.78 is 31.2. The van der Waals surface area contributed by atoms with Crippen molar-refractivity contribution in [2.45, 2.75) is 32.5 Å². The Morgan fingerprint density at radius 2 is 2.21 bits per heavy atom. The van der Waals surface area contributed by atoms with Crippen LogP contribution in [0.3, 0.4) is 0 Å². The maximum atomic E-state index is 12.9. The minimum absolute atomic E-state index is 0.0639. The van der Waals surface area contributed by atoms with Crippen LogP contribution in [-0.2, 0) is 17.8 Å². The van der Waals surface area contributed by atoms with Crippen LogP contribution >= 0.6 is 34.3 Å². The van der Waals surface area contributed by atoms with Crippen molar-refractivity contribution in [1.82, 2.24) is 4.98 Å². The quantitative estimate of drug-likeness (QED) is 0.353. The van der Waals surface area contributed by atoms with Gasteiger partial charge in [0.05, 0.1) is 15.3 Å². The van der Waals surface area contributed by atoms with E-state index in [1.165, 1.54) is 11.3 Å². The van der Waals surface area contributed by atoms with Crippen LogP contribution in [0.15, 0.2) is 23.6 Å². The first-order valence-corrected chi connectivity index (χ1v) is 10.1.